The molecule has 2 aromatic carbocycles. The molecule has 0 aliphatic rings. The monoisotopic (exact) mass is 281 g/mol. The van der Waals surface area contributed by atoms with Crippen molar-refractivity contribution in [1.29, 1.82) is 5.26 Å². The van der Waals surface area contributed by atoms with E-state index in [1.165, 1.54) is 12.1 Å². The minimum atomic E-state index is -0.544. The summed E-state index contributed by atoms with van der Waals surface area (Å²) in [5, 5.41) is 29.9. The molecule has 0 aliphatic carbocycles. The lowest BCUT2D eigenvalue weighted by molar-refractivity contribution is -0.383. The second kappa shape index (κ2) is 4.90. The Morgan fingerprint density at radius 2 is 1.86 bits per heavy atom. The van der Waals surface area contributed by atoms with Crippen molar-refractivity contribution in [3.05, 3.63) is 52.1 Å². The Labute approximate surface area is 117 Å². The Morgan fingerprint density at radius 1 is 1.14 bits per heavy atom. The number of nitro benzene ring substituents is 1. The number of hydrogen-bond acceptors (Lipinski definition) is 7. The molecule has 21 heavy (non-hydrogen) atoms. The van der Waals surface area contributed by atoms with Gasteiger partial charge in [0.25, 0.3) is 0 Å². The molecule has 1 aromatic heterocycles. The SMILES string of the molecule is N#Cc1ccc(Nc2ccc([N+](=O)[O-])c3nonc23)cc1. The summed E-state index contributed by atoms with van der Waals surface area (Å²) in [6, 6.07) is 11.6. The van der Waals surface area contributed by atoms with Crippen LogP contribution >= 0.6 is 0 Å². The third kappa shape index (κ3) is 2.23. The number of nitro groups is 1. The highest BCUT2D eigenvalue weighted by Gasteiger charge is 2.19. The first-order chi connectivity index (χ1) is 10.2. The zero-order chi connectivity index (χ0) is 14.8. The Balaban J connectivity index is 2.01. The van der Waals surface area contributed by atoms with Crippen LogP contribution in [0.1, 0.15) is 5.56 Å². The van der Waals surface area contributed by atoms with Gasteiger partial charge in [-0.2, -0.15) is 5.26 Å². The van der Waals surface area contributed by atoms with Gasteiger partial charge in [-0.3, -0.25) is 10.1 Å². The quantitative estimate of drug-likeness (QED) is 0.579. The number of nitrogens with zero attached hydrogens (tertiary/aromatic N) is 4. The fraction of sp³-hybridized carbons (Fsp3) is 0. The zero-order valence-electron chi connectivity index (χ0n) is 10.5. The number of non-ortho nitro benzene ring substituents is 1. The van der Waals surface area contributed by atoms with Gasteiger partial charge in [0.1, 0.15) is 0 Å². The highest BCUT2D eigenvalue weighted by molar-refractivity contribution is 5.94. The van der Waals surface area contributed by atoms with Crippen LogP contribution in [-0.4, -0.2) is 15.2 Å². The van der Waals surface area contributed by atoms with Crippen LogP contribution in [-0.2, 0) is 0 Å². The van der Waals surface area contributed by atoms with E-state index in [0.717, 1.165) is 0 Å². The summed E-state index contributed by atoms with van der Waals surface area (Å²) in [5.41, 5.74) is 1.97. The molecular weight excluding hydrogens is 274 g/mol. The topological polar surface area (TPSA) is 118 Å². The summed E-state index contributed by atoms with van der Waals surface area (Å²) >= 11 is 0. The number of nitrogens with one attached hydrogen (secondary N) is 1. The molecule has 1 N–H and O–H groups in total. The van der Waals surface area contributed by atoms with Gasteiger partial charge in [-0.15, -0.1) is 0 Å². The van der Waals surface area contributed by atoms with Crippen LogP contribution in [0.25, 0.3) is 11.0 Å². The molecule has 3 rings (SSSR count). The first-order valence-corrected chi connectivity index (χ1v) is 5.86. The van der Waals surface area contributed by atoms with Gasteiger partial charge in [-0.25, -0.2) is 4.63 Å². The van der Waals surface area contributed by atoms with Crippen molar-refractivity contribution in [2.45, 2.75) is 0 Å². The average molecular weight is 281 g/mol. The first-order valence-electron chi connectivity index (χ1n) is 5.86. The van der Waals surface area contributed by atoms with Gasteiger partial charge in [0.05, 0.1) is 22.2 Å². The third-order valence-electron chi connectivity index (χ3n) is 2.88. The van der Waals surface area contributed by atoms with E-state index in [1.807, 2.05) is 6.07 Å². The third-order valence-corrected chi connectivity index (χ3v) is 2.88. The zero-order valence-corrected chi connectivity index (χ0v) is 10.5. The van der Waals surface area contributed by atoms with E-state index in [-0.39, 0.29) is 16.7 Å². The lowest BCUT2D eigenvalue weighted by Gasteiger charge is -2.06. The number of fused-ring (bicyclic) bond motifs is 1. The second-order valence-electron chi connectivity index (χ2n) is 4.16. The van der Waals surface area contributed by atoms with Crippen molar-refractivity contribution in [2.75, 3.05) is 5.32 Å². The molecule has 0 amide bonds. The number of benzene rings is 2. The van der Waals surface area contributed by atoms with Crippen molar-refractivity contribution in [2.24, 2.45) is 0 Å². The van der Waals surface area contributed by atoms with Gasteiger partial charge in [0.15, 0.2) is 5.52 Å². The maximum atomic E-state index is 10.9. The van der Waals surface area contributed by atoms with Crippen molar-refractivity contribution < 1.29 is 9.55 Å². The molecule has 0 radical (unpaired) electrons. The van der Waals surface area contributed by atoms with Crippen LogP contribution in [0, 0.1) is 21.4 Å². The molecule has 0 aliphatic heterocycles. The molecule has 0 spiro atoms. The van der Waals surface area contributed by atoms with Gasteiger partial charge in [-0.1, -0.05) is 0 Å². The van der Waals surface area contributed by atoms with E-state index in [0.29, 0.717) is 16.9 Å². The van der Waals surface area contributed by atoms with E-state index >= 15 is 0 Å². The van der Waals surface area contributed by atoms with Crippen molar-refractivity contribution >= 4 is 28.1 Å². The van der Waals surface area contributed by atoms with Crippen LogP contribution in [0.4, 0.5) is 17.1 Å². The molecule has 0 saturated heterocycles. The molecule has 8 nitrogen and oxygen atoms in total. The van der Waals surface area contributed by atoms with Crippen LogP contribution in [0.5, 0.6) is 0 Å². The van der Waals surface area contributed by atoms with Gasteiger partial charge in [0.2, 0.25) is 5.52 Å². The summed E-state index contributed by atoms with van der Waals surface area (Å²) in [6.45, 7) is 0. The Hall–Kier alpha value is -3.47. The number of aromatic nitrogens is 2. The smallest absolute Gasteiger partial charge is 0.300 e. The number of anilines is 2. The van der Waals surface area contributed by atoms with Gasteiger partial charge in [0, 0.05) is 11.8 Å². The molecule has 0 unspecified atom stereocenters. The largest absolute Gasteiger partial charge is 0.354 e. The molecule has 3 aromatic rings. The molecular formula is C13H7N5O3. The summed E-state index contributed by atoms with van der Waals surface area (Å²) in [7, 11) is 0. The van der Waals surface area contributed by atoms with Gasteiger partial charge >= 0.3 is 5.69 Å². The molecule has 0 fully saturated rings. The maximum Gasteiger partial charge on any atom is 0.300 e. The summed E-state index contributed by atoms with van der Waals surface area (Å²) in [5.74, 6) is 0. The van der Waals surface area contributed by atoms with Crippen LogP contribution < -0.4 is 5.32 Å². The Bertz CT molecular complexity index is 864. The van der Waals surface area contributed by atoms with Crippen molar-refractivity contribution in [1.82, 2.24) is 10.3 Å². The van der Waals surface area contributed by atoms with Crippen LogP contribution in [0.3, 0.4) is 0 Å². The predicted octanol–water partition coefficient (Wildman–Crippen LogP) is 2.75. The molecule has 8 heteroatoms. The minimum Gasteiger partial charge on any atom is -0.354 e. The molecule has 0 atom stereocenters. The van der Waals surface area contributed by atoms with E-state index in [9.17, 15) is 10.1 Å². The summed E-state index contributed by atoms with van der Waals surface area (Å²) < 4.78 is 4.58. The van der Waals surface area contributed by atoms with E-state index in [2.05, 4.69) is 20.3 Å². The van der Waals surface area contributed by atoms with E-state index < -0.39 is 4.92 Å². The fourth-order valence-corrected chi connectivity index (χ4v) is 1.89. The number of hydrogen-bond donors (Lipinski definition) is 1. The number of nitriles is 1. The van der Waals surface area contributed by atoms with Gasteiger partial charge in [-0.05, 0) is 40.6 Å². The number of rotatable bonds is 3. The van der Waals surface area contributed by atoms with Crippen LogP contribution in [0.15, 0.2) is 41.0 Å². The Kier molecular flexibility index (Phi) is 2.93. The summed E-state index contributed by atoms with van der Waals surface area (Å²) in [6.07, 6.45) is 0. The maximum absolute atomic E-state index is 10.9. The Morgan fingerprint density at radius 3 is 2.52 bits per heavy atom. The normalized spacial score (nSPS) is 10.2. The lowest BCUT2D eigenvalue weighted by atomic mass is 10.2. The fourth-order valence-electron chi connectivity index (χ4n) is 1.89. The highest BCUT2D eigenvalue weighted by Crippen LogP contribution is 2.30. The minimum absolute atomic E-state index is 0.0821. The molecule has 102 valence electrons. The first kappa shape index (κ1) is 12.6. The van der Waals surface area contributed by atoms with Crippen LogP contribution in [0.2, 0.25) is 0 Å². The molecule has 0 bridgehead atoms. The molecule has 0 saturated carbocycles. The highest BCUT2D eigenvalue weighted by atomic mass is 16.6. The summed E-state index contributed by atoms with van der Waals surface area (Å²) in [4.78, 5) is 10.4. The van der Waals surface area contributed by atoms with E-state index in [4.69, 9.17) is 5.26 Å². The van der Waals surface area contributed by atoms with Gasteiger partial charge < -0.3 is 5.32 Å². The van der Waals surface area contributed by atoms with E-state index in [1.54, 1.807) is 24.3 Å². The lowest BCUT2D eigenvalue weighted by Crippen LogP contribution is -1.94. The molecule has 1 heterocycles. The standard InChI is InChI=1S/C13H7N5O3/c14-7-8-1-3-9(4-2-8)15-10-5-6-11(18(19)20)13-12(10)16-21-17-13/h1-6,15H. The predicted molar refractivity (Wildman–Crippen MR) is 72.9 cm³/mol. The second-order valence-corrected chi connectivity index (χ2v) is 4.16. The average Bonchev–Trinajstić information content (AvgIpc) is 2.98. The van der Waals surface area contributed by atoms with Crippen molar-refractivity contribution in [3.8, 4) is 6.07 Å². The van der Waals surface area contributed by atoms with Crippen molar-refractivity contribution in [3.63, 3.8) is 0 Å².